The lowest BCUT2D eigenvalue weighted by atomic mass is 10.3. The summed E-state index contributed by atoms with van der Waals surface area (Å²) in [6.45, 7) is 1.64. The molecule has 2 aromatic rings. The first-order chi connectivity index (χ1) is 8.00. The lowest BCUT2D eigenvalue weighted by molar-refractivity contribution is 0.0689. The average Bonchev–Trinajstić information content (AvgIpc) is 2.60. The van der Waals surface area contributed by atoms with Crippen LogP contribution in [0.1, 0.15) is 16.2 Å². The van der Waals surface area contributed by atoms with Gasteiger partial charge in [0.15, 0.2) is 5.69 Å². The van der Waals surface area contributed by atoms with E-state index in [2.05, 4.69) is 26.2 Å². The molecule has 0 saturated heterocycles. The number of halogens is 2. The first-order valence-electron chi connectivity index (χ1n) is 4.61. The van der Waals surface area contributed by atoms with Gasteiger partial charge in [-0.1, -0.05) is 16.8 Å². The van der Waals surface area contributed by atoms with Crippen molar-refractivity contribution in [2.45, 2.75) is 6.92 Å². The van der Waals surface area contributed by atoms with Gasteiger partial charge in [0.1, 0.15) is 0 Å². The Hall–Kier alpha value is -1.40. The molecule has 1 heterocycles. The van der Waals surface area contributed by atoms with Crippen molar-refractivity contribution in [1.29, 1.82) is 0 Å². The zero-order valence-corrected chi connectivity index (χ0v) is 11.0. The van der Waals surface area contributed by atoms with E-state index < -0.39 is 5.97 Å². The van der Waals surface area contributed by atoms with Crippen LogP contribution >= 0.6 is 27.5 Å². The van der Waals surface area contributed by atoms with Gasteiger partial charge >= 0.3 is 5.97 Å². The molecule has 0 spiro atoms. The predicted molar refractivity (Wildman–Crippen MR) is 65.8 cm³/mol. The number of nitrogens with zero attached hydrogens (tertiary/aromatic N) is 3. The van der Waals surface area contributed by atoms with Gasteiger partial charge < -0.3 is 5.11 Å². The molecule has 0 unspecified atom stereocenters. The van der Waals surface area contributed by atoms with Crippen LogP contribution in [0.2, 0.25) is 5.02 Å². The van der Waals surface area contributed by atoms with Gasteiger partial charge in [0.25, 0.3) is 0 Å². The van der Waals surface area contributed by atoms with Crippen LogP contribution in [0.15, 0.2) is 22.7 Å². The largest absolute Gasteiger partial charge is 0.476 e. The number of rotatable bonds is 2. The average molecular weight is 317 g/mol. The van der Waals surface area contributed by atoms with Gasteiger partial charge in [0.2, 0.25) is 0 Å². The van der Waals surface area contributed by atoms with Crippen molar-refractivity contribution < 1.29 is 9.90 Å². The number of hydrogen-bond acceptors (Lipinski definition) is 3. The van der Waals surface area contributed by atoms with Crippen molar-refractivity contribution >= 4 is 33.5 Å². The van der Waals surface area contributed by atoms with Crippen molar-refractivity contribution in [1.82, 2.24) is 15.0 Å². The first kappa shape index (κ1) is 12.1. The third kappa shape index (κ3) is 2.18. The van der Waals surface area contributed by atoms with E-state index in [1.54, 1.807) is 25.1 Å². The normalized spacial score (nSPS) is 10.5. The van der Waals surface area contributed by atoms with Gasteiger partial charge in [-0.05, 0) is 41.1 Å². The maximum atomic E-state index is 10.9. The molecule has 5 nitrogen and oxygen atoms in total. The highest BCUT2D eigenvalue weighted by Gasteiger charge is 2.17. The number of carbonyl (C=O) groups is 1. The van der Waals surface area contributed by atoms with Crippen molar-refractivity contribution in [2.75, 3.05) is 0 Å². The van der Waals surface area contributed by atoms with Crippen LogP contribution in [-0.2, 0) is 0 Å². The lowest BCUT2D eigenvalue weighted by Crippen LogP contribution is -2.03. The molecule has 0 fully saturated rings. The lowest BCUT2D eigenvalue weighted by Gasteiger charge is -2.05. The molecule has 0 atom stereocenters. The number of aromatic nitrogens is 3. The van der Waals surface area contributed by atoms with Crippen molar-refractivity contribution in [3.8, 4) is 5.69 Å². The standard InChI is InChI=1S/C10H7BrClN3O2/c1-5-9(10(16)17)13-14-15(5)8-3-2-6(12)4-7(8)11/h2-4H,1H3,(H,16,17). The van der Waals surface area contributed by atoms with Crippen LogP contribution in [0, 0.1) is 6.92 Å². The number of carboxylic acid groups (broad SMARTS) is 1. The van der Waals surface area contributed by atoms with Gasteiger partial charge in [-0.25, -0.2) is 9.48 Å². The van der Waals surface area contributed by atoms with Gasteiger partial charge in [0.05, 0.1) is 11.4 Å². The number of carboxylic acids is 1. The van der Waals surface area contributed by atoms with Crippen LogP contribution in [0.5, 0.6) is 0 Å². The molecule has 0 aliphatic carbocycles. The van der Waals surface area contributed by atoms with Crippen molar-refractivity contribution in [3.63, 3.8) is 0 Å². The molecule has 0 aliphatic heterocycles. The van der Waals surface area contributed by atoms with E-state index in [1.165, 1.54) is 4.68 Å². The SMILES string of the molecule is Cc1c(C(=O)O)nnn1-c1ccc(Cl)cc1Br. The van der Waals surface area contributed by atoms with E-state index >= 15 is 0 Å². The molecule has 0 amide bonds. The summed E-state index contributed by atoms with van der Waals surface area (Å²) in [6.07, 6.45) is 0. The summed E-state index contributed by atoms with van der Waals surface area (Å²) < 4.78 is 2.17. The third-order valence-corrected chi connectivity index (χ3v) is 3.11. The summed E-state index contributed by atoms with van der Waals surface area (Å²) in [5, 5.41) is 16.9. The summed E-state index contributed by atoms with van der Waals surface area (Å²) in [7, 11) is 0. The molecular formula is C10H7BrClN3O2. The van der Waals surface area contributed by atoms with E-state index in [9.17, 15) is 4.79 Å². The summed E-state index contributed by atoms with van der Waals surface area (Å²) in [5.41, 5.74) is 1.08. The molecule has 0 aliphatic rings. The third-order valence-electron chi connectivity index (χ3n) is 2.24. The minimum absolute atomic E-state index is 0.0631. The van der Waals surface area contributed by atoms with Gasteiger partial charge in [-0.15, -0.1) is 5.10 Å². The molecule has 1 aromatic carbocycles. The molecule has 2 rings (SSSR count). The van der Waals surface area contributed by atoms with Crippen LogP contribution in [0.25, 0.3) is 5.69 Å². The van der Waals surface area contributed by atoms with E-state index in [0.717, 1.165) is 4.47 Å². The van der Waals surface area contributed by atoms with Crippen molar-refractivity contribution in [3.05, 3.63) is 39.1 Å². The molecular weight excluding hydrogens is 309 g/mol. The van der Waals surface area contributed by atoms with Crippen molar-refractivity contribution in [2.24, 2.45) is 0 Å². The Morgan fingerprint density at radius 2 is 2.24 bits per heavy atom. The highest BCUT2D eigenvalue weighted by Crippen LogP contribution is 2.25. The molecule has 1 aromatic heterocycles. The Bertz CT molecular complexity index is 597. The number of aromatic carboxylic acids is 1. The molecule has 88 valence electrons. The van der Waals surface area contributed by atoms with E-state index in [-0.39, 0.29) is 5.69 Å². The fourth-order valence-electron chi connectivity index (χ4n) is 1.41. The second-order valence-corrected chi connectivity index (χ2v) is 4.63. The molecule has 17 heavy (non-hydrogen) atoms. The molecule has 7 heteroatoms. The molecule has 1 N–H and O–H groups in total. The van der Waals surface area contributed by atoms with Gasteiger partial charge in [0, 0.05) is 9.50 Å². The minimum atomic E-state index is -1.10. The van der Waals surface area contributed by atoms with Crippen LogP contribution in [0.4, 0.5) is 0 Å². The highest BCUT2D eigenvalue weighted by molar-refractivity contribution is 9.10. The summed E-state index contributed by atoms with van der Waals surface area (Å²) in [4.78, 5) is 10.9. The number of hydrogen-bond donors (Lipinski definition) is 1. The zero-order valence-electron chi connectivity index (χ0n) is 8.69. The van der Waals surface area contributed by atoms with Crippen LogP contribution in [-0.4, -0.2) is 26.1 Å². The van der Waals surface area contributed by atoms with Gasteiger partial charge in [-0.3, -0.25) is 0 Å². The second kappa shape index (κ2) is 4.46. The zero-order chi connectivity index (χ0) is 12.6. The first-order valence-corrected chi connectivity index (χ1v) is 5.79. The Balaban J connectivity index is 2.57. The quantitative estimate of drug-likeness (QED) is 0.925. The van der Waals surface area contributed by atoms with Crippen LogP contribution in [0.3, 0.4) is 0 Å². The second-order valence-electron chi connectivity index (χ2n) is 3.34. The summed E-state index contributed by atoms with van der Waals surface area (Å²) in [5.74, 6) is -1.10. The monoisotopic (exact) mass is 315 g/mol. The Labute approximate surface area is 110 Å². The minimum Gasteiger partial charge on any atom is -0.476 e. The molecule has 0 radical (unpaired) electrons. The fourth-order valence-corrected chi connectivity index (χ4v) is 2.26. The van der Waals surface area contributed by atoms with Crippen LogP contribution < -0.4 is 0 Å². The van der Waals surface area contributed by atoms with E-state index in [1.807, 2.05) is 0 Å². The Morgan fingerprint density at radius 3 is 2.76 bits per heavy atom. The fraction of sp³-hybridized carbons (Fsp3) is 0.100. The molecule has 0 bridgehead atoms. The topological polar surface area (TPSA) is 68.0 Å². The molecule has 0 saturated carbocycles. The Kier molecular flexibility index (Phi) is 3.17. The number of benzene rings is 1. The maximum Gasteiger partial charge on any atom is 0.358 e. The highest BCUT2D eigenvalue weighted by atomic mass is 79.9. The van der Waals surface area contributed by atoms with E-state index in [4.69, 9.17) is 16.7 Å². The predicted octanol–water partition coefficient (Wildman–Crippen LogP) is 2.69. The smallest absolute Gasteiger partial charge is 0.358 e. The van der Waals surface area contributed by atoms with Gasteiger partial charge in [-0.2, -0.15) is 0 Å². The summed E-state index contributed by atoms with van der Waals surface area (Å²) in [6, 6.07) is 5.14. The maximum absolute atomic E-state index is 10.9. The Morgan fingerprint density at radius 1 is 1.53 bits per heavy atom. The van der Waals surface area contributed by atoms with E-state index in [0.29, 0.717) is 16.4 Å². The summed E-state index contributed by atoms with van der Waals surface area (Å²) >= 11 is 9.17.